The second-order valence-corrected chi connectivity index (χ2v) is 10.4. The first-order chi connectivity index (χ1) is 16.8. The zero-order chi connectivity index (χ0) is 26.3. The molecular weight excluding hydrogens is 494 g/mol. The van der Waals surface area contributed by atoms with Crippen LogP contribution in [-0.2, 0) is 13.1 Å². The van der Waals surface area contributed by atoms with Crippen LogP contribution < -0.4 is 15.9 Å². The number of benzene rings is 1. The van der Waals surface area contributed by atoms with Gasteiger partial charge in [-0.1, -0.05) is 11.6 Å². The highest BCUT2D eigenvalue weighted by Crippen LogP contribution is 2.31. The third-order valence-electron chi connectivity index (χ3n) is 6.18. The van der Waals surface area contributed by atoms with Gasteiger partial charge in [-0.25, -0.2) is 18.6 Å². The largest absolute Gasteiger partial charge is 0.392 e. The molecule has 196 valence electrons. The van der Waals surface area contributed by atoms with Crippen LogP contribution in [0.1, 0.15) is 40.0 Å². The minimum Gasteiger partial charge on any atom is -0.392 e. The normalized spacial score (nSPS) is 16.9. The summed E-state index contributed by atoms with van der Waals surface area (Å²) in [6.45, 7) is 5.67. The monoisotopic (exact) mass is 524 g/mol. The fourth-order valence-electron chi connectivity index (χ4n) is 4.21. The molecule has 3 aromatic rings. The summed E-state index contributed by atoms with van der Waals surface area (Å²) in [6, 6.07) is 5.31. The van der Waals surface area contributed by atoms with Gasteiger partial charge in [0, 0.05) is 38.2 Å². The number of aryl methyl sites for hydroxylation is 1. The first kappa shape index (κ1) is 26.3. The number of aliphatic hydroxyl groups excluding tert-OH is 1. The lowest BCUT2D eigenvalue weighted by Crippen LogP contribution is -2.40. The number of rotatable bonds is 8. The highest BCUT2D eigenvalue weighted by molar-refractivity contribution is 6.32. The van der Waals surface area contributed by atoms with Gasteiger partial charge in [-0.3, -0.25) is 9.13 Å². The van der Waals surface area contributed by atoms with Gasteiger partial charge in [0.15, 0.2) is 5.82 Å². The Kier molecular flexibility index (Phi) is 7.27. The molecule has 1 aliphatic rings. The van der Waals surface area contributed by atoms with Crippen molar-refractivity contribution in [1.29, 1.82) is 0 Å². The van der Waals surface area contributed by atoms with Crippen LogP contribution in [0.3, 0.4) is 0 Å². The molecule has 3 heterocycles. The summed E-state index contributed by atoms with van der Waals surface area (Å²) in [6.07, 6.45) is 0.542. The Labute approximate surface area is 212 Å². The molecule has 36 heavy (non-hydrogen) atoms. The summed E-state index contributed by atoms with van der Waals surface area (Å²) in [5.74, 6) is -2.05. The molecule has 3 N–H and O–H groups in total. The number of halogens is 3. The Hall–Kier alpha value is -2.76. The lowest BCUT2D eigenvalue weighted by atomic mass is 10.1. The summed E-state index contributed by atoms with van der Waals surface area (Å²) in [4.78, 5) is 23.5. The average molecular weight is 525 g/mol. The van der Waals surface area contributed by atoms with Crippen molar-refractivity contribution in [1.82, 2.24) is 19.1 Å². The van der Waals surface area contributed by atoms with E-state index in [9.17, 15) is 23.8 Å². The van der Waals surface area contributed by atoms with Crippen molar-refractivity contribution in [2.45, 2.75) is 70.8 Å². The van der Waals surface area contributed by atoms with Gasteiger partial charge in [0.25, 0.3) is 5.92 Å². The number of anilines is 3. The predicted molar refractivity (Wildman–Crippen MR) is 136 cm³/mol. The van der Waals surface area contributed by atoms with Crippen molar-refractivity contribution in [3.8, 4) is 0 Å². The molecule has 9 nitrogen and oxygen atoms in total. The van der Waals surface area contributed by atoms with Crippen LogP contribution >= 0.6 is 11.6 Å². The smallest absolute Gasteiger partial charge is 0.329 e. The third-order valence-corrected chi connectivity index (χ3v) is 6.46. The first-order valence-electron chi connectivity index (χ1n) is 11.9. The topological polar surface area (TPSA) is 108 Å². The van der Waals surface area contributed by atoms with Crippen molar-refractivity contribution in [3.63, 3.8) is 0 Å². The highest BCUT2D eigenvalue weighted by Gasteiger charge is 2.35. The summed E-state index contributed by atoms with van der Waals surface area (Å²) in [5.41, 5.74) is 0.628. The second-order valence-electron chi connectivity index (χ2n) is 9.99. The fraction of sp³-hybridized carbons (Fsp3) is 0.542. The van der Waals surface area contributed by atoms with Crippen LogP contribution in [0.2, 0.25) is 5.02 Å². The molecule has 0 amide bonds. The van der Waals surface area contributed by atoms with Crippen molar-refractivity contribution >= 4 is 40.1 Å². The van der Waals surface area contributed by atoms with E-state index in [1.54, 1.807) is 48.4 Å². The summed E-state index contributed by atoms with van der Waals surface area (Å²) in [7, 11) is 0. The second kappa shape index (κ2) is 9.95. The van der Waals surface area contributed by atoms with Crippen LogP contribution in [0.5, 0.6) is 0 Å². The third kappa shape index (κ3) is 5.96. The number of imidazole rings is 1. The van der Waals surface area contributed by atoms with Gasteiger partial charge < -0.3 is 20.4 Å². The van der Waals surface area contributed by atoms with Crippen LogP contribution in [0.25, 0.3) is 11.0 Å². The Bertz CT molecular complexity index is 1290. The number of hydrogen-bond acceptors (Lipinski definition) is 7. The molecule has 0 saturated carbocycles. The number of fused-ring (bicyclic) bond motifs is 1. The van der Waals surface area contributed by atoms with Crippen LogP contribution in [0.4, 0.5) is 26.2 Å². The van der Waals surface area contributed by atoms with Crippen LogP contribution in [0.15, 0.2) is 29.2 Å². The summed E-state index contributed by atoms with van der Waals surface area (Å²) >= 11 is 6.33. The van der Waals surface area contributed by atoms with Gasteiger partial charge >= 0.3 is 5.69 Å². The minimum absolute atomic E-state index is 0.133. The maximum atomic E-state index is 13.6. The van der Waals surface area contributed by atoms with E-state index in [1.807, 2.05) is 0 Å². The number of hydrogen-bond donors (Lipinski definition) is 3. The number of piperidine rings is 1. The summed E-state index contributed by atoms with van der Waals surface area (Å²) in [5, 5.41) is 23.5. The molecule has 1 atom stereocenters. The number of aliphatic hydroxyl groups is 2. The Balaban J connectivity index is 1.66. The van der Waals surface area contributed by atoms with Gasteiger partial charge in [-0.05, 0) is 45.4 Å². The molecule has 1 unspecified atom stereocenters. The van der Waals surface area contributed by atoms with E-state index < -0.39 is 17.6 Å². The van der Waals surface area contributed by atoms with Crippen LogP contribution in [-0.4, -0.2) is 60.0 Å². The van der Waals surface area contributed by atoms with Gasteiger partial charge in [-0.2, -0.15) is 4.98 Å². The highest BCUT2D eigenvalue weighted by atomic mass is 35.5. The molecule has 12 heteroatoms. The number of aromatic nitrogens is 4. The molecular formula is C24H31ClF2N6O3. The first-order valence-corrected chi connectivity index (χ1v) is 12.3. The molecule has 0 aliphatic carbocycles. The molecule has 2 aromatic heterocycles. The van der Waals surface area contributed by atoms with Gasteiger partial charge in [-0.15, -0.1) is 0 Å². The van der Waals surface area contributed by atoms with Gasteiger partial charge in [0.1, 0.15) is 5.02 Å². The lowest BCUT2D eigenvalue weighted by molar-refractivity contribution is -0.0222. The number of alkyl halides is 2. The summed E-state index contributed by atoms with van der Waals surface area (Å²) < 4.78 is 30.2. The maximum absolute atomic E-state index is 13.6. The molecule has 0 radical (unpaired) electrons. The van der Waals surface area contributed by atoms with E-state index in [-0.39, 0.29) is 49.7 Å². The predicted octanol–water partition coefficient (Wildman–Crippen LogP) is 3.77. The van der Waals surface area contributed by atoms with E-state index in [0.29, 0.717) is 34.9 Å². The Morgan fingerprint density at radius 2 is 1.92 bits per heavy atom. The zero-order valence-corrected chi connectivity index (χ0v) is 21.3. The van der Waals surface area contributed by atoms with Crippen molar-refractivity contribution in [2.75, 3.05) is 23.3 Å². The quantitative estimate of drug-likeness (QED) is 0.411. The lowest BCUT2D eigenvalue weighted by Gasteiger charge is -2.31. The molecule has 1 aliphatic heterocycles. The molecule has 0 bridgehead atoms. The Morgan fingerprint density at radius 1 is 1.22 bits per heavy atom. The van der Waals surface area contributed by atoms with E-state index in [2.05, 4.69) is 15.3 Å². The van der Waals surface area contributed by atoms with Crippen molar-refractivity contribution in [3.05, 3.63) is 39.9 Å². The Morgan fingerprint density at radius 3 is 2.56 bits per heavy atom. The fourth-order valence-corrected chi connectivity index (χ4v) is 4.35. The SMILES string of the molecule is CC(O)Cn1c(=O)n(CCC(C)(C)O)c2cc(Nc3nc(N4CCC(F)(F)CC4)ncc3Cl)ccc21. The van der Waals surface area contributed by atoms with E-state index >= 15 is 0 Å². The average Bonchev–Trinajstić information content (AvgIpc) is 3.03. The molecule has 4 rings (SSSR count). The van der Waals surface area contributed by atoms with E-state index in [1.165, 1.54) is 10.8 Å². The van der Waals surface area contributed by atoms with Crippen molar-refractivity contribution in [2.24, 2.45) is 0 Å². The number of nitrogens with one attached hydrogen (secondary N) is 1. The maximum Gasteiger partial charge on any atom is 0.329 e. The molecule has 1 fully saturated rings. The minimum atomic E-state index is -2.68. The molecule has 1 saturated heterocycles. The van der Waals surface area contributed by atoms with Gasteiger partial charge in [0.05, 0.1) is 35.5 Å². The van der Waals surface area contributed by atoms with Crippen molar-refractivity contribution < 1.29 is 19.0 Å². The zero-order valence-electron chi connectivity index (χ0n) is 20.5. The standard InChI is InChI=1S/C24H31ClF2N6O3/c1-15(34)14-33-18-5-4-16(12-19(18)32(22(33)35)11-6-23(2,3)36)29-20-17(25)13-28-21(30-20)31-9-7-24(26,27)8-10-31/h4-5,12-13,15,34,36H,6-11,14H2,1-3H3,(H,28,29,30). The van der Waals surface area contributed by atoms with E-state index in [0.717, 1.165) is 0 Å². The molecule has 0 spiro atoms. The molecule has 1 aromatic carbocycles. The van der Waals surface area contributed by atoms with Gasteiger partial charge in [0.2, 0.25) is 5.95 Å². The van der Waals surface area contributed by atoms with Crippen LogP contribution in [0, 0.1) is 0 Å². The number of nitrogens with zero attached hydrogens (tertiary/aromatic N) is 5. The van der Waals surface area contributed by atoms with E-state index in [4.69, 9.17) is 11.6 Å².